The van der Waals surface area contributed by atoms with Crippen molar-refractivity contribution in [1.29, 1.82) is 0 Å². The maximum Gasteiger partial charge on any atom is 0.260 e. The summed E-state index contributed by atoms with van der Waals surface area (Å²) < 4.78 is 24.1. The van der Waals surface area contributed by atoms with E-state index in [1.54, 1.807) is 6.92 Å². The maximum absolute atomic E-state index is 12.0. The number of nitrogens with zero attached hydrogens (tertiary/aromatic N) is 1. The molecule has 5 heteroatoms. The van der Waals surface area contributed by atoms with E-state index in [0.717, 1.165) is 0 Å². The number of alkyl halides is 2. The van der Waals surface area contributed by atoms with Crippen LogP contribution in [0, 0.1) is 5.92 Å². The standard InChI is InChI=1S/C6H8F2N2O/c1-3-4(2-11)9-10-5(3)6(7)8/h2-3,5-6,10H,1H3/t3-,5-/m1/s1. The van der Waals surface area contributed by atoms with Gasteiger partial charge in [-0.15, -0.1) is 0 Å². The summed E-state index contributed by atoms with van der Waals surface area (Å²) in [5, 5.41) is 3.46. The van der Waals surface area contributed by atoms with Crippen LogP contribution in [0.4, 0.5) is 8.78 Å². The van der Waals surface area contributed by atoms with Crippen molar-refractivity contribution in [3.63, 3.8) is 0 Å². The summed E-state index contributed by atoms with van der Waals surface area (Å²) in [6.07, 6.45) is -1.98. The Morgan fingerprint density at radius 2 is 2.36 bits per heavy atom. The van der Waals surface area contributed by atoms with Crippen molar-refractivity contribution >= 4 is 12.0 Å². The lowest BCUT2D eigenvalue weighted by Gasteiger charge is -2.12. The van der Waals surface area contributed by atoms with Crippen molar-refractivity contribution in [2.45, 2.75) is 19.4 Å². The second-order valence-electron chi connectivity index (χ2n) is 2.43. The van der Waals surface area contributed by atoms with E-state index in [4.69, 9.17) is 0 Å². The van der Waals surface area contributed by atoms with Crippen LogP contribution < -0.4 is 5.43 Å². The average Bonchev–Trinajstić information content (AvgIpc) is 2.30. The van der Waals surface area contributed by atoms with E-state index in [0.29, 0.717) is 6.29 Å². The van der Waals surface area contributed by atoms with Gasteiger partial charge in [-0.2, -0.15) is 5.10 Å². The largest absolute Gasteiger partial charge is 0.300 e. The molecule has 1 aliphatic rings. The second kappa shape index (κ2) is 2.94. The number of rotatable bonds is 2. The molecule has 0 aromatic rings. The highest BCUT2D eigenvalue weighted by Gasteiger charge is 2.33. The van der Waals surface area contributed by atoms with Gasteiger partial charge in [-0.25, -0.2) is 8.78 Å². The first-order valence-electron chi connectivity index (χ1n) is 3.23. The normalized spacial score (nSPS) is 30.0. The van der Waals surface area contributed by atoms with E-state index in [1.165, 1.54) is 0 Å². The van der Waals surface area contributed by atoms with Crippen LogP contribution in [0.5, 0.6) is 0 Å². The topological polar surface area (TPSA) is 41.5 Å². The van der Waals surface area contributed by atoms with Gasteiger partial charge in [-0.3, -0.25) is 4.79 Å². The molecule has 3 nitrogen and oxygen atoms in total. The van der Waals surface area contributed by atoms with Gasteiger partial charge in [0.05, 0.1) is 0 Å². The predicted octanol–water partition coefficient (Wildman–Crippen LogP) is 0.414. The van der Waals surface area contributed by atoms with Crippen molar-refractivity contribution < 1.29 is 13.6 Å². The van der Waals surface area contributed by atoms with Gasteiger partial charge in [0.25, 0.3) is 6.43 Å². The molecule has 0 radical (unpaired) electrons. The third kappa shape index (κ3) is 1.36. The zero-order valence-corrected chi connectivity index (χ0v) is 5.92. The molecule has 0 saturated heterocycles. The molecule has 0 bridgehead atoms. The zero-order valence-electron chi connectivity index (χ0n) is 5.92. The molecular formula is C6H8F2N2O. The first-order valence-corrected chi connectivity index (χ1v) is 3.23. The molecule has 11 heavy (non-hydrogen) atoms. The van der Waals surface area contributed by atoms with E-state index in [9.17, 15) is 13.6 Å². The Bertz CT molecular complexity index is 193. The quantitative estimate of drug-likeness (QED) is 0.597. The van der Waals surface area contributed by atoms with E-state index in [1.807, 2.05) is 0 Å². The molecule has 0 aliphatic carbocycles. The summed E-state index contributed by atoms with van der Waals surface area (Å²) in [4.78, 5) is 10.2. The van der Waals surface area contributed by atoms with Gasteiger partial charge >= 0.3 is 0 Å². The molecule has 1 N–H and O–H groups in total. The molecule has 0 amide bonds. The van der Waals surface area contributed by atoms with Gasteiger partial charge in [0.1, 0.15) is 11.8 Å². The van der Waals surface area contributed by atoms with Crippen LogP contribution in [0.2, 0.25) is 0 Å². The highest BCUT2D eigenvalue weighted by molar-refractivity contribution is 6.29. The third-order valence-electron chi connectivity index (χ3n) is 1.74. The van der Waals surface area contributed by atoms with E-state index < -0.39 is 18.4 Å². The highest BCUT2D eigenvalue weighted by atomic mass is 19.3. The molecule has 0 spiro atoms. The lowest BCUT2D eigenvalue weighted by molar-refractivity contribution is -0.102. The summed E-state index contributed by atoms with van der Waals surface area (Å²) in [5.74, 6) is -0.493. The number of halogens is 2. The first-order chi connectivity index (χ1) is 5.16. The van der Waals surface area contributed by atoms with Crippen LogP contribution in [0.1, 0.15) is 6.92 Å². The van der Waals surface area contributed by atoms with E-state index in [-0.39, 0.29) is 5.71 Å². The SMILES string of the molecule is C[C@@H]1C(C=O)=NN[C@H]1C(F)F. The minimum atomic E-state index is -2.48. The number of carbonyl (C=O) groups is 1. The van der Waals surface area contributed by atoms with Gasteiger partial charge in [0.15, 0.2) is 6.29 Å². The third-order valence-corrected chi connectivity index (χ3v) is 1.74. The molecule has 1 rings (SSSR count). The summed E-state index contributed by atoms with van der Waals surface area (Å²) in [7, 11) is 0. The molecule has 1 aliphatic heterocycles. The molecule has 0 fully saturated rings. The highest BCUT2D eigenvalue weighted by Crippen LogP contribution is 2.17. The van der Waals surface area contributed by atoms with Gasteiger partial charge in [-0.1, -0.05) is 6.92 Å². The van der Waals surface area contributed by atoms with Crippen molar-refractivity contribution in [3.8, 4) is 0 Å². The van der Waals surface area contributed by atoms with Crippen molar-refractivity contribution in [2.24, 2.45) is 11.0 Å². The van der Waals surface area contributed by atoms with Gasteiger partial charge in [0.2, 0.25) is 0 Å². The van der Waals surface area contributed by atoms with Crippen LogP contribution in [0.3, 0.4) is 0 Å². The fraction of sp³-hybridized carbons (Fsp3) is 0.667. The Labute approximate surface area is 62.5 Å². The number of carbonyl (C=O) groups excluding carboxylic acids is 1. The minimum absolute atomic E-state index is 0.162. The molecular weight excluding hydrogens is 154 g/mol. The Balaban J connectivity index is 2.63. The lowest BCUT2D eigenvalue weighted by atomic mass is 10.00. The van der Waals surface area contributed by atoms with Crippen LogP contribution in [-0.2, 0) is 4.79 Å². The summed E-state index contributed by atoms with van der Waals surface area (Å²) in [5.41, 5.74) is 2.38. The Hall–Kier alpha value is -1.00. The number of hydrogen-bond acceptors (Lipinski definition) is 3. The molecule has 0 unspecified atom stereocenters. The number of hydrazone groups is 1. The van der Waals surface area contributed by atoms with Gasteiger partial charge in [-0.05, 0) is 0 Å². The minimum Gasteiger partial charge on any atom is -0.300 e. The fourth-order valence-electron chi connectivity index (χ4n) is 0.955. The Morgan fingerprint density at radius 3 is 2.64 bits per heavy atom. The molecule has 2 atom stereocenters. The zero-order chi connectivity index (χ0) is 8.43. The number of hydrogen-bond donors (Lipinski definition) is 1. The number of nitrogens with one attached hydrogen (secondary N) is 1. The lowest BCUT2D eigenvalue weighted by Crippen LogP contribution is -2.34. The first kappa shape index (κ1) is 8.10. The molecule has 0 aromatic heterocycles. The molecule has 1 heterocycles. The van der Waals surface area contributed by atoms with E-state index >= 15 is 0 Å². The maximum atomic E-state index is 12.0. The smallest absolute Gasteiger partial charge is 0.260 e. The van der Waals surface area contributed by atoms with Gasteiger partial charge < -0.3 is 5.43 Å². The van der Waals surface area contributed by atoms with Crippen LogP contribution in [0.15, 0.2) is 5.10 Å². The monoisotopic (exact) mass is 162 g/mol. The predicted molar refractivity (Wildman–Crippen MR) is 35.6 cm³/mol. The van der Waals surface area contributed by atoms with Crippen molar-refractivity contribution in [3.05, 3.63) is 0 Å². The molecule has 0 aromatic carbocycles. The van der Waals surface area contributed by atoms with Crippen molar-refractivity contribution in [2.75, 3.05) is 0 Å². The average molecular weight is 162 g/mol. The Morgan fingerprint density at radius 1 is 1.73 bits per heavy atom. The van der Waals surface area contributed by atoms with Crippen molar-refractivity contribution in [1.82, 2.24) is 5.43 Å². The molecule has 0 saturated carbocycles. The van der Waals surface area contributed by atoms with Crippen LogP contribution in [0.25, 0.3) is 0 Å². The van der Waals surface area contributed by atoms with E-state index in [2.05, 4.69) is 10.5 Å². The Kier molecular flexibility index (Phi) is 2.16. The fourth-order valence-corrected chi connectivity index (χ4v) is 0.955. The van der Waals surface area contributed by atoms with Crippen LogP contribution >= 0.6 is 0 Å². The second-order valence-corrected chi connectivity index (χ2v) is 2.43. The summed E-state index contributed by atoms with van der Waals surface area (Å²) in [6.45, 7) is 1.55. The van der Waals surface area contributed by atoms with Gasteiger partial charge in [0, 0.05) is 5.92 Å². The summed E-state index contributed by atoms with van der Waals surface area (Å²) in [6, 6.07) is -1.00. The number of aldehydes is 1. The van der Waals surface area contributed by atoms with Crippen LogP contribution in [-0.4, -0.2) is 24.5 Å². The summed E-state index contributed by atoms with van der Waals surface area (Å²) >= 11 is 0. The molecule has 62 valence electrons.